The van der Waals surface area contributed by atoms with Crippen LogP contribution in [0.1, 0.15) is 21.5 Å². The smallest absolute Gasteiger partial charge is 0.376 e. The molecule has 0 atom stereocenters. The lowest BCUT2D eigenvalue weighted by Gasteiger charge is -2.16. The molecule has 0 bridgehead atoms. The van der Waals surface area contributed by atoms with Gasteiger partial charge in [-0.15, -0.1) is 0 Å². The number of amides is 2. The molecule has 0 saturated carbocycles. The number of hydrogen-bond acceptors (Lipinski definition) is 4. The quantitative estimate of drug-likeness (QED) is 0.388. The number of benzene rings is 3. The molecule has 3 rings (SSSR count). The third kappa shape index (κ3) is 6.24. The third-order valence-electron chi connectivity index (χ3n) is 4.50. The van der Waals surface area contributed by atoms with Gasteiger partial charge in [0.25, 0.3) is 5.91 Å². The van der Waals surface area contributed by atoms with E-state index in [0.717, 1.165) is 18.2 Å². The highest BCUT2D eigenvalue weighted by molar-refractivity contribution is 6.31. The van der Waals surface area contributed by atoms with E-state index < -0.39 is 41.6 Å². The predicted molar refractivity (Wildman–Crippen MR) is 119 cm³/mol. The van der Waals surface area contributed by atoms with Gasteiger partial charge >= 0.3 is 6.18 Å². The molecule has 0 spiro atoms. The van der Waals surface area contributed by atoms with Crippen LogP contribution in [0, 0.1) is 17.1 Å². The molecular weight excluding hydrogens is 476 g/mol. The van der Waals surface area contributed by atoms with Crippen molar-refractivity contribution in [3.8, 4) is 6.07 Å². The number of anilines is 3. The van der Waals surface area contributed by atoms with Crippen LogP contribution in [0.4, 0.5) is 34.6 Å². The van der Waals surface area contributed by atoms with Gasteiger partial charge in [-0.3, -0.25) is 9.59 Å². The molecule has 0 aliphatic rings. The average Bonchev–Trinajstić information content (AvgIpc) is 2.78. The lowest BCUT2D eigenvalue weighted by molar-refractivity contribution is -0.137. The summed E-state index contributed by atoms with van der Waals surface area (Å²) in [5.41, 5.74) is -1.33. The van der Waals surface area contributed by atoms with Crippen molar-refractivity contribution in [2.75, 3.05) is 22.5 Å². The number of nitriles is 1. The van der Waals surface area contributed by atoms with Crippen molar-refractivity contribution in [1.29, 1.82) is 5.26 Å². The summed E-state index contributed by atoms with van der Waals surface area (Å²) in [6.45, 7) is -0.540. The molecule has 6 nitrogen and oxygen atoms in total. The van der Waals surface area contributed by atoms with Crippen LogP contribution < -0.4 is 16.0 Å². The van der Waals surface area contributed by atoms with Gasteiger partial charge in [0.1, 0.15) is 11.9 Å². The molecule has 0 radical (unpaired) electrons. The van der Waals surface area contributed by atoms with Crippen LogP contribution in [0.2, 0.25) is 5.02 Å². The molecule has 0 saturated heterocycles. The molecule has 0 heterocycles. The van der Waals surface area contributed by atoms with Gasteiger partial charge in [-0.05, 0) is 60.7 Å². The molecule has 0 aliphatic carbocycles. The molecule has 0 fully saturated rings. The molecule has 2 amide bonds. The van der Waals surface area contributed by atoms with E-state index in [1.807, 2.05) is 6.07 Å². The van der Waals surface area contributed by atoms with Gasteiger partial charge in [-0.1, -0.05) is 11.6 Å². The zero-order valence-electron chi connectivity index (χ0n) is 17.1. The van der Waals surface area contributed by atoms with Crippen LogP contribution >= 0.6 is 11.6 Å². The fourth-order valence-corrected chi connectivity index (χ4v) is 3.07. The highest BCUT2D eigenvalue weighted by Crippen LogP contribution is 2.36. The molecular formula is C23H15ClF4N4O2. The van der Waals surface area contributed by atoms with Crippen LogP contribution in [-0.4, -0.2) is 18.4 Å². The van der Waals surface area contributed by atoms with E-state index >= 15 is 0 Å². The summed E-state index contributed by atoms with van der Waals surface area (Å²) in [5, 5.41) is 16.5. The van der Waals surface area contributed by atoms with Gasteiger partial charge in [0, 0.05) is 22.0 Å². The topological polar surface area (TPSA) is 94.0 Å². The van der Waals surface area contributed by atoms with E-state index in [1.165, 1.54) is 36.4 Å². The predicted octanol–water partition coefficient (Wildman–Crippen LogP) is 5.67. The van der Waals surface area contributed by atoms with Gasteiger partial charge in [-0.2, -0.15) is 18.4 Å². The molecule has 0 aliphatic heterocycles. The average molecular weight is 491 g/mol. The summed E-state index contributed by atoms with van der Waals surface area (Å²) in [5.74, 6) is -1.99. The van der Waals surface area contributed by atoms with E-state index in [2.05, 4.69) is 16.0 Å². The van der Waals surface area contributed by atoms with Gasteiger partial charge in [-0.25, -0.2) is 4.39 Å². The van der Waals surface area contributed by atoms with Crippen molar-refractivity contribution in [1.82, 2.24) is 0 Å². The number of halogens is 5. The third-order valence-corrected chi connectivity index (χ3v) is 4.74. The maximum absolute atomic E-state index is 13.6. The number of hydrogen-bond donors (Lipinski definition) is 3. The first-order valence-electron chi connectivity index (χ1n) is 9.58. The minimum absolute atomic E-state index is 0.0617. The van der Waals surface area contributed by atoms with Crippen molar-refractivity contribution in [3.63, 3.8) is 0 Å². The van der Waals surface area contributed by atoms with Crippen molar-refractivity contribution >= 4 is 40.5 Å². The van der Waals surface area contributed by atoms with E-state index in [1.54, 1.807) is 0 Å². The first kappa shape index (κ1) is 24.5. The molecule has 174 valence electrons. The van der Waals surface area contributed by atoms with Crippen molar-refractivity contribution in [2.45, 2.75) is 6.18 Å². The van der Waals surface area contributed by atoms with E-state index in [4.69, 9.17) is 16.9 Å². The number of nitrogens with zero attached hydrogens (tertiary/aromatic N) is 1. The lowest BCUT2D eigenvalue weighted by Crippen LogP contribution is -2.23. The Hall–Kier alpha value is -4.10. The molecule has 3 N–H and O–H groups in total. The largest absolute Gasteiger partial charge is 0.418 e. The first-order chi connectivity index (χ1) is 16.1. The number of rotatable bonds is 6. The van der Waals surface area contributed by atoms with Crippen molar-refractivity contribution in [3.05, 3.63) is 88.2 Å². The number of nitrogens with one attached hydrogen (secondary N) is 3. The monoisotopic (exact) mass is 490 g/mol. The maximum atomic E-state index is 13.6. The lowest BCUT2D eigenvalue weighted by atomic mass is 10.1. The Kier molecular flexibility index (Phi) is 7.38. The zero-order chi connectivity index (χ0) is 24.9. The van der Waals surface area contributed by atoms with Crippen molar-refractivity contribution < 1.29 is 27.2 Å². The normalized spacial score (nSPS) is 10.8. The van der Waals surface area contributed by atoms with Crippen LogP contribution in [0.25, 0.3) is 0 Å². The Balaban J connectivity index is 1.73. The zero-order valence-corrected chi connectivity index (χ0v) is 17.9. The van der Waals surface area contributed by atoms with Crippen LogP contribution in [0.5, 0.6) is 0 Å². The minimum Gasteiger partial charge on any atom is -0.376 e. The van der Waals surface area contributed by atoms with E-state index in [0.29, 0.717) is 6.07 Å². The second-order valence-electron chi connectivity index (χ2n) is 6.92. The summed E-state index contributed by atoms with van der Waals surface area (Å²) in [6.07, 6.45) is -4.80. The second kappa shape index (κ2) is 10.2. The molecule has 0 unspecified atom stereocenters. The Morgan fingerprint density at radius 2 is 1.65 bits per heavy atom. The summed E-state index contributed by atoms with van der Waals surface area (Å²) in [6, 6.07) is 13.6. The Morgan fingerprint density at radius 1 is 0.941 bits per heavy atom. The van der Waals surface area contributed by atoms with E-state index in [9.17, 15) is 27.2 Å². The summed E-state index contributed by atoms with van der Waals surface area (Å²) in [7, 11) is 0. The fourth-order valence-electron chi connectivity index (χ4n) is 2.90. The highest BCUT2D eigenvalue weighted by atomic mass is 35.5. The van der Waals surface area contributed by atoms with Crippen LogP contribution in [-0.2, 0) is 11.0 Å². The number of carbonyl (C=O) groups excluding carboxylic acids is 2. The number of alkyl halides is 3. The SMILES string of the molecule is N#Cc1ccc(Cl)cc1NC(=O)CNc1ccc(NC(=O)c2ccc(F)cc2)cc1C(F)(F)F. The van der Waals surface area contributed by atoms with Gasteiger partial charge in [0.05, 0.1) is 23.4 Å². The summed E-state index contributed by atoms with van der Waals surface area (Å²) < 4.78 is 53.8. The Bertz CT molecular complexity index is 1270. The van der Waals surface area contributed by atoms with Crippen LogP contribution in [0.15, 0.2) is 60.7 Å². The Morgan fingerprint density at radius 3 is 2.29 bits per heavy atom. The van der Waals surface area contributed by atoms with E-state index in [-0.39, 0.29) is 27.5 Å². The van der Waals surface area contributed by atoms with Crippen molar-refractivity contribution in [2.24, 2.45) is 0 Å². The number of carbonyl (C=O) groups is 2. The Labute approximate surface area is 196 Å². The molecule has 3 aromatic rings. The first-order valence-corrected chi connectivity index (χ1v) is 9.96. The summed E-state index contributed by atoms with van der Waals surface area (Å²) in [4.78, 5) is 24.4. The molecule has 11 heteroatoms. The van der Waals surface area contributed by atoms with Crippen LogP contribution in [0.3, 0.4) is 0 Å². The van der Waals surface area contributed by atoms with Gasteiger partial charge in [0.15, 0.2) is 0 Å². The van der Waals surface area contributed by atoms with Gasteiger partial charge in [0.2, 0.25) is 5.91 Å². The maximum Gasteiger partial charge on any atom is 0.418 e. The standard InChI is InChI=1S/C23H15ClF4N4O2/c24-15-4-1-14(11-29)20(9-15)32-21(33)12-30-19-8-7-17(10-18(19)23(26,27)28)31-22(34)13-2-5-16(25)6-3-13/h1-10,30H,12H2,(H,31,34)(H,32,33). The molecule has 34 heavy (non-hydrogen) atoms. The molecule has 3 aromatic carbocycles. The minimum atomic E-state index is -4.80. The fraction of sp³-hybridized carbons (Fsp3) is 0.0870. The highest BCUT2D eigenvalue weighted by Gasteiger charge is 2.34. The molecule has 0 aromatic heterocycles. The second-order valence-corrected chi connectivity index (χ2v) is 7.36. The summed E-state index contributed by atoms with van der Waals surface area (Å²) >= 11 is 5.85. The van der Waals surface area contributed by atoms with Gasteiger partial charge < -0.3 is 16.0 Å².